The molecule has 4 nitrogen and oxygen atoms in total. The molecule has 1 aromatic carbocycles. The van der Waals surface area contributed by atoms with Crippen LogP contribution in [0.5, 0.6) is 0 Å². The molecule has 0 radical (unpaired) electrons. The van der Waals surface area contributed by atoms with Crippen molar-refractivity contribution in [3.8, 4) is 0 Å². The molecule has 1 aromatic heterocycles. The van der Waals surface area contributed by atoms with Crippen molar-refractivity contribution in [1.29, 1.82) is 0 Å². The molecular weight excluding hydrogens is 199 g/mol. The number of furan rings is 1. The fourth-order valence-electron chi connectivity index (χ4n) is 1.48. The standard InChI is InChI=1S/C10H9FN2O2/c1-5-7-4-6(11)2-3-8(7)15-9(5)10(12)13-14/h2-4,14H,1H3,(H2,12,13). The van der Waals surface area contributed by atoms with Gasteiger partial charge in [-0.15, -0.1) is 0 Å². The van der Waals surface area contributed by atoms with E-state index in [2.05, 4.69) is 5.16 Å². The summed E-state index contributed by atoms with van der Waals surface area (Å²) in [5.41, 5.74) is 6.57. The van der Waals surface area contributed by atoms with Crippen molar-refractivity contribution < 1.29 is 14.0 Å². The zero-order chi connectivity index (χ0) is 11.0. The average Bonchev–Trinajstić information content (AvgIpc) is 2.55. The summed E-state index contributed by atoms with van der Waals surface area (Å²) in [4.78, 5) is 0. The van der Waals surface area contributed by atoms with Gasteiger partial charge in [0.25, 0.3) is 0 Å². The van der Waals surface area contributed by atoms with Crippen molar-refractivity contribution in [1.82, 2.24) is 0 Å². The number of hydrogen-bond donors (Lipinski definition) is 2. The molecule has 0 saturated heterocycles. The Balaban J connectivity index is 2.75. The van der Waals surface area contributed by atoms with Gasteiger partial charge < -0.3 is 15.4 Å². The van der Waals surface area contributed by atoms with E-state index in [0.29, 0.717) is 16.5 Å². The molecule has 3 N–H and O–H groups in total. The van der Waals surface area contributed by atoms with Gasteiger partial charge in [0, 0.05) is 10.9 Å². The smallest absolute Gasteiger partial charge is 0.206 e. The van der Waals surface area contributed by atoms with Crippen molar-refractivity contribution in [2.75, 3.05) is 0 Å². The molecule has 0 aliphatic carbocycles. The molecule has 0 atom stereocenters. The van der Waals surface area contributed by atoms with Crippen LogP contribution in [0.2, 0.25) is 0 Å². The van der Waals surface area contributed by atoms with E-state index in [1.807, 2.05) is 0 Å². The van der Waals surface area contributed by atoms with Crippen LogP contribution < -0.4 is 5.73 Å². The Morgan fingerprint density at radius 1 is 1.53 bits per heavy atom. The van der Waals surface area contributed by atoms with E-state index in [0.717, 1.165) is 0 Å². The molecule has 1 heterocycles. The highest BCUT2D eigenvalue weighted by molar-refractivity contribution is 6.00. The lowest BCUT2D eigenvalue weighted by Gasteiger charge is -1.92. The van der Waals surface area contributed by atoms with Crippen LogP contribution >= 0.6 is 0 Å². The summed E-state index contributed by atoms with van der Waals surface area (Å²) >= 11 is 0. The third kappa shape index (κ3) is 1.41. The molecule has 0 saturated carbocycles. The molecule has 2 rings (SSSR count). The van der Waals surface area contributed by atoms with Crippen molar-refractivity contribution in [3.05, 3.63) is 35.3 Å². The van der Waals surface area contributed by atoms with Crippen molar-refractivity contribution in [2.45, 2.75) is 6.92 Å². The third-order valence-electron chi connectivity index (χ3n) is 2.24. The molecule has 0 spiro atoms. The topological polar surface area (TPSA) is 71.8 Å². The SMILES string of the molecule is Cc1c(C(N)=NO)oc2ccc(F)cc12. The maximum atomic E-state index is 13.0. The van der Waals surface area contributed by atoms with Crippen LogP contribution in [0, 0.1) is 12.7 Å². The summed E-state index contributed by atoms with van der Waals surface area (Å²) < 4.78 is 18.3. The fraction of sp³-hybridized carbons (Fsp3) is 0.100. The number of nitrogens with two attached hydrogens (primary N) is 1. The number of benzene rings is 1. The van der Waals surface area contributed by atoms with Gasteiger partial charge in [-0.3, -0.25) is 0 Å². The number of aryl methyl sites for hydroxylation is 1. The first-order valence-electron chi connectivity index (χ1n) is 4.30. The molecule has 78 valence electrons. The molecular formula is C10H9FN2O2. The van der Waals surface area contributed by atoms with E-state index < -0.39 is 0 Å². The van der Waals surface area contributed by atoms with Gasteiger partial charge in [0.15, 0.2) is 5.76 Å². The molecule has 0 aliphatic heterocycles. The van der Waals surface area contributed by atoms with Gasteiger partial charge in [-0.2, -0.15) is 0 Å². The monoisotopic (exact) mass is 208 g/mol. The van der Waals surface area contributed by atoms with Gasteiger partial charge in [0.1, 0.15) is 11.4 Å². The second-order valence-electron chi connectivity index (χ2n) is 3.18. The number of halogens is 1. The Morgan fingerprint density at radius 2 is 2.27 bits per heavy atom. The van der Waals surface area contributed by atoms with E-state index in [-0.39, 0.29) is 17.4 Å². The van der Waals surface area contributed by atoms with Crippen LogP contribution in [0.4, 0.5) is 4.39 Å². The quantitative estimate of drug-likeness (QED) is 0.326. The van der Waals surface area contributed by atoms with E-state index in [4.69, 9.17) is 15.4 Å². The second-order valence-corrected chi connectivity index (χ2v) is 3.18. The predicted octanol–water partition coefficient (Wildman–Crippen LogP) is 1.97. The molecule has 5 heteroatoms. The van der Waals surface area contributed by atoms with Gasteiger partial charge >= 0.3 is 0 Å². The zero-order valence-electron chi connectivity index (χ0n) is 7.99. The zero-order valence-corrected chi connectivity index (χ0v) is 7.99. The van der Waals surface area contributed by atoms with Crippen LogP contribution in [-0.4, -0.2) is 11.0 Å². The molecule has 15 heavy (non-hydrogen) atoms. The minimum atomic E-state index is -0.350. The highest BCUT2D eigenvalue weighted by Crippen LogP contribution is 2.25. The van der Waals surface area contributed by atoms with Crippen LogP contribution in [0.25, 0.3) is 11.0 Å². The maximum Gasteiger partial charge on any atom is 0.206 e. The van der Waals surface area contributed by atoms with Crippen LogP contribution in [-0.2, 0) is 0 Å². The van der Waals surface area contributed by atoms with Gasteiger partial charge in [0.05, 0.1) is 0 Å². The minimum Gasteiger partial charge on any atom is -0.452 e. The summed E-state index contributed by atoms with van der Waals surface area (Å²) in [5, 5.41) is 12.0. The molecule has 0 fully saturated rings. The number of oxime groups is 1. The van der Waals surface area contributed by atoms with E-state index in [1.54, 1.807) is 6.92 Å². The van der Waals surface area contributed by atoms with E-state index in [9.17, 15) is 4.39 Å². The molecule has 0 unspecified atom stereocenters. The Morgan fingerprint density at radius 3 is 2.93 bits per heavy atom. The van der Waals surface area contributed by atoms with Gasteiger partial charge in [-0.1, -0.05) is 5.16 Å². The van der Waals surface area contributed by atoms with Crippen molar-refractivity contribution in [3.63, 3.8) is 0 Å². The Hall–Kier alpha value is -2.04. The van der Waals surface area contributed by atoms with Crippen LogP contribution in [0.3, 0.4) is 0 Å². The minimum absolute atomic E-state index is 0.121. The third-order valence-corrected chi connectivity index (χ3v) is 2.24. The van der Waals surface area contributed by atoms with Crippen molar-refractivity contribution in [2.24, 2.45) is 10.9 Å². The summed E-state index contributed by atoms with van der Waals surface area (Å²) in [6, 6.07) is 4.15. The Kier molecular flexibility index (Phi) is 2.07. The highest BCUT2D eigenvalue weighted by atomic mass is 19.1. The van der Waals surface area contributed by atoms with Crippen LogP contribution in [0.1, 0.15) is 11.3 Å². The van der Waals surface area contributed by atoms with E-state index in [1.165, 1.54) is 18.2 Å². The second kappa shape index (κ2) is 3.27. The summed E-state index contributed by atoms with van der Waals surface area (Å²) in [7, 11) is 0. The summed E-state index contributed by atoms with van der Waals surface area (Å²) in [6.07, 6.45) is 0. The average molecular weight is 208 g/mol. The number of amidine groups is 1. The number of fused-ring (bicyclic) bond motifs is 1. The lowest BCUT2D eigenvalue weighted by Crippen LogP contribution is -2.13. The number of hydrogen-bond acceptors (Lipinski definition) is 3. The lowest BCUT2D eigenvalue weighted by atomic mass is 10.1. The maximum absolute atomic E-state index is 13.0. The first-order valence-corrected chi connectivity index (χ1v) is 4.30. The number of rotatable bonds is 1. The first-order chi connectivity index (χ1) is 7.13. The Labute approximate surface area is 84.8 Å². The largest absolute Gasteiger partial charge is 0.452 e. The summed E-state index contributed by atoms with van der Waals surface area (Å²) in [6.45, 7) is 1.72. The van der Waals surface area contributed by atoms with Crippen LogP contribution in [0.15, 0.2) is 27.8 Å². The van der Waals surface area contributed by atoms with Crippen molar-refractivity contribution >= 4 is 16.8 Å². The Bertz CT molecular complexity index is 546. The van der Waals surface area contributed by atoms with Gasteiger partial charge in [-0.05, 0) is 25.1 Å². The van der Waals surface area contributed by atoms with Gasteiger partial charge in [-0.25, -0.2) is 4.39 Å². The highest BCUT2D eigenvalue weighted by Gasteiger charge is 2.14. The lowest BCUT2D eigenvalue weighted by molar-refractivity contribution is 0.317. The molecule has 0 bridgehead atoms. The molecule has 2 aromatic rings. The van der Waals surface area contributed by atoms with E-state index >= 15 is 0 Å². The number of nitrogens with zero attached hydrogens (tertiary/aromatic N) is 1. The predicted molar refractivity (Wildman–Crippen MR) is 53.4 cm³/mol. The molecule has 0 aliphatic rings. The van der Waals surface area contributed by atoms with Gasteiger partial charge in [0.2, 0.25) is 5.84 Å². The normalized spacial score (nSPS) is 12.3. The molecule has 0 amide bonds. The first kappa shape index (κ1) is 9.51. The summed E-state index contributed by atoms with van der Waals surface area (Å²) in [5.74, 6) is -0.209. The fourth-order valence-corrected chi connectivity index (χ4v) is 1.48.